The van der Waals surface area contributed by atoms with Gasteiger partial charge in [-0.15, -0.1) is 0 Å². The van der Waals surface area contributed by atoms with E-state index in [-0.39, 0.29) is 40.2 Å². The highest BCUT2D eigenvalue weighted by Gasteiger charge is 2.38. The molecule has 0 bridgehead atoms. The highest BCUT2D eigenvalue weighted by Crippen LogP contribution is 2.41. The summed E-state index contributed by atoms with van der Waals surface area (Å²) >= 11 is 6.29. The van der Waals surface area contributed by atoms with Gasteiger partial charge < -0.3 is 15.0 Å². The number of carbonyl (C=O) groups is 1. The number of aliphatic hydroxyl groups is 1. The van der Waals surface area contributed by atoms with Gasteiger partial charge in [-0.3, -0.25) is 14.8 Å². The lowest BCUT2D eigenvalue weighted by Crippen LogP contribution is -2.46. The highest BCUT2D eigenvalue weighted by molar-refractivity contribution is 6.37. The summed E-state index contributed by atoms with van der Waals surface area (Å²) < 4.78 is 57.2. The zero-order valence-corrected chi connectivity index (χ0v) is 18.9. The first-order chi connectivity index (χ1) is 16.5. The number of alkyl halides is 3. The van der Waals surface area contributed by atoms with Crippen LogP contribution in [-0.2, 0) is 6.18 Å². The molecular weight excluding hydrogens is 490 g/mol. The number of amides is 1. The van der Waals surface area contributed by atoms with Crippen LogP contribution < -0.4 is 5.32 Å². The maximum atomic E-state index is 14.7. The number of hydrogen-bond acceptors (Lipinski definition) is 5. The molecule has 1 aliphatic heterocycles. The standard InChI is InChI=1S/C23H18ClF4N5O2/c1-10-21-32-15(22(35)31-11-7-12(34)8-11)9-33(21)16-5-4-13(23(26,27)28)18(24)17(16)20(30-10)19-14(25)3-2-6-29-19/h2-6,9-12,34H,7-8H2,1H3,(H,31,35)/t10-,11-,12+/m0/s1. The number of nitrogens with zero attached hydrogens (tertiary/aromatic N) is 4. The van der Waals surface area contributed by atoms with Crippen LogP contribution in [0.5, 0.6) is 0 Å². The third-order valence-electron chi connectivity index (χ3n) is 6.02. The van der Waals surface area contributed by atoms with Gasteiger partial charge in [0, 0.05) is 24.0 Å². The molecule has 12 heteroatoms. The van der Waals surface area contributed by atoms with Crippen LogP contribution >= 0.6 is 11.6 Å². The van der Waals surface area contributed by atoms with Crippen molar-refractivity contribution in [2.45, 2.75) is 44.1 Å². The fraction of sp³-hybridized carbons (Fsp3) is 0.304. The number of rotatable bonds is 3. The van der Waals surface area contributed by atoms with E-state index in [1.165, 1.54) is 29.1 Å². The van der Waals surface area contributed by atoms with Gasteiger partial charge in [-0.05, 0) is 44.0 Å². The first-order valence-corrected chi connectivity index (χ1v) is 11.1. The maximum Gasteiger partial charge on any atom is 0.417 e. The third-order valence-corrected chi connectivity index (χ3v) is 6.41. The number of nitrogens with one attached hydrogen (secondary N) is 1. The molecule has 1 aromatic carbocycles. The van der Waals surface area contributed by atoms with E-state index in [1.807, 2.05) is 0 Å². The minimum absolute atomic E-state index is 0.0258. The largest absolute Gasteiger partial charge is 0.417 e. The lowest BCUT2D eigenvalue weighted by atomic mass is 9.89. The number of aromatic nitrogens is 3. The third kappa shape index (κ3) is 4.08. The molecule has 5 rings (SSSR count). The average molecular weight is 508 g/mol. The van der Waals surface area contributed by atoms with Crippen molar-refractivity contribution in [1.29, 1.82) is 0 Å². The first-order valence-electron chi connectivity index (χ1n) is 10.7. The van der Waals surface area contributed by atoms with Gasteiger partial charge in [-0.2, -0.15) is 13.2 Å². The minimum atomic E-state index is -4.77. The Bertz CT molecular complexity index is 1360. The zero-order chi connectivity index (χ0) is 25.1. The first kappa shape index (κ1) is 23.4. The molecule has 2 N–H and O–H groups in total. The van der Waals surface area contributed by atoms with Crippen molar-refractivity contribution in [2.75, 3.05) is 0 Å². The number of hydrogen-bond donors (Lipinski definition) is 2. The summed E-state index contributed by atoms with van der Waals surface area (Å²) in [7, 11) is 0. The van der Waals surface area contributed by atoms with Crippen molar-refractivity contribution in [3.05, 3.63) is 75.8 Å². The van der Waals surface area contributed by atoms with Crippen molar-refractivity contribution < 1.29 is 27.5 Å². The van der Waals surface area contributed by atoms with E-state index < -0.39 is 40.6 Å². The number of carbonyl (C=O) groups excluding carboxylic acids is 1. The van der Waals surface area contributed by atoms with E-state index in [9.17, 15) is 27.5 Å². The lowest BCUT2D eigenvalue weighted by Gasteiger charge is -2.31. The summed E-state index contributed by atoms with van der Waals surface area (Å²) in [5, 5.41) is 11.5. The normalized spacial score (nSPS) is 21.3. The van der Waals surface area contributed by atoms with Gasteiger partial charge >= 0.3 is 6.18 Å². The maximum absolute atomic E-state index is 14.7. The molecule has 2 aromatic heterocycles. The molecule has 0 radical (unpaired) electrons. The summed E-state index contributed by atoms with van der Waals surface area (Å²) in [6, 6.07) is 3.52. The monoisotopic (exact) mass is 507 g/mol. The summed E-state index contributed by atoms with van der Waals surface area (Å²) in [6.07, 6.45) is -1.69. The Balaban J connectivity index is 1.68. The Morgan fingerprint density at radius 1 is 1.26 bits per heavy atom. The molecular formula is C23H18ClF4N5O2. The van der Waals surface area contributed by atoms with Crippen LogP contribution in [0.2, 0.25) is 5.02 Å². The Kier molecular flexibility index (Phi) is 5.64. The number of halogens is 5. The van der Waals surface area contributed by atoms with Crippen molar-refractivity contribution in [1.82, 2.24) is 19.9 Å². The molecule has 1 fully saturated rings. The van der Waals surface area contributed by atoms with Crippen molar-refractivity contribution in [3.63, 3.8) is 0 Å². The number of imidazole rings is 1. The van der Waals surface area contributed by atoms with Crippen LogP contribution in [0, 0.1) is 5.82 Å². The van der Waals surface area contributed by atoms with E-state index in [0.29, 0.717) is 12.8 Å². The molecule has 0 saturated heterocycles. The average Bonchev–Trinajstić information content (AvgIpc) is 3.17. The molecule has 3 aromatic rings. The topological polar surface area (TPSA) is 92.4 Å². The van der Waals surface area contributed by atoms with Gasteiger partial charge in [-0.25, -0.2) is 9.37 Å². The second-order valence-electron chi connectivity index (χ2n) is 8.46. The van der Waals surface area contributed by atoms with Gasteiger partial charge in [-0.1, -0.05) is 11.6 Å². The van der Waals surface area contributed by atoms with Gasteiger partial charge in [0.2, 0.25) is 0 Å². The van der Waals surface area contributed by atoms with Gasteiger partial charge in [0.05, 0.1) is 28.1 Å². The van der Waals surface area contributed by atoms with Gasteiger partial charge in [0.1, 0.15) is 23.3 Å². The predicted octanol–water partition coefficient (Wildman–Crippen LogP) is 4.24. The van der Waals surface area contributed by atoms with Crippen molar-refractivity contribution in [2.24, 2.45) is 4.99 Å². The number of pyridine rings is 1. The summed E-state index contributed by atoms with van der Waals surface area (Å²) in [5.74, 6) is -1.01. The fourth-order valence-electron chi connectivity index (χ4n) is 4.22. The Morgan fingerprint density at radius 3 is 2.66 bits per heavy atom. The Hall–Kier alpha value is -3.31. The van der Waals surface area contributed by atoms with E-state index in [1.54, 1.807) is 6.92 Å². The lowest BCUT2D eigenvalue weighted by molar-refractivity contribution is -0.137. The molecule has 1 aliphatic carbocycles. The van der Waals surface area contributed by atoms with Crippen LogP contribution in [0.3, 0.4) is 0 Å². The summed E-state index contributed by atoms with van der Waals surface area (Å²) in [6.45, 7) is 1.62. The fourth-order valence-corrected chi connectivity index (χ4v) is 4.58. The number of aliphatic hydroxyl groups excluding tert-OH is 1. The number of fused-ring (bicyclic) bond motifs is 3. The molecule has 1 saturated carbocycles. The SMILES string of the molecule is C[C@@H]1N=C(c2ncccc2F)c2c(ccc(C(F)(F)F)c2Cl)-n2cc(C(=O)N[C@H]3C[C@@H](O)C3)nc21. The predicted molar refractivity (Wildman–Crippen MR) is 118 cm³/mol. The van der Waals surface area contributed by atoms with Gasteiger partial charge in [0.15, 0.2) is 5.82 Å². The minimum Gasteiger partial charge on any atom is -0.393 e. The Morgan fingerprint density at radius 2 is 2.00 bits per heavy atom. The highest BCUT2D eigenvalue weighted by atomic mass is 35.5. The molecule has 1 amide bonds. The summed E-state index contributed by atoms with van der Waals surface area (Å²) in [4.78, 5) is 25.6. The van der Waals surface area contributed by atoms with E-state index in [2.05, 4.69) is 20.3 Å². The second-order valence-corrected chi connectivity index (χ2v) is 8.83. The smallest absolute Gasteiger partial charge is 0.393 e. The second kappa shape index (κ2) is 8.42. The molecule has 1 atom stereocenters. The van der Waals surface area contributed by atoms with E-state index >= 15 is 0 Å². The Labute approximate surface area is 201 Å². The summed E-state index contributed by atoms with van der Waals surface area (Å²) in [5.41, 5.74) is -1.51. The molecule has 0 spiro atoms. The molecule has 182 valence electrons. The molecule has 7 nitrogen and oxygen atoms in total. The van der Waals surface area contributed by atoms with Crippen LogP contribution in [0.4, 0.5) is 17.6 Å². The quantitative estimate of drug-likeness (QED) is 0.519. The number of benzene rings is 1. The van der Waals surface area contributed by atoms with Crippen LogP contribution in [-0.4, -0.2) is 43.4 Å². The molecule has 3 heterocycles. The van der Waals surface area contributed by atoms with Crippen LogP contribution in [0.1, 0.15) is 58.9 Å². The van der Waals surface area contributed by atoms with Crippen molar-refractivity contribution >= 4 is 23.2 Å². The van der Waals surface area contributed by atoms with E-state index in [0.717, 1.165) is 12.1 Å². The van der Waals surface area contributed by atoms with Gasteiger partial charge in [0.25, 0.3) is 5.91 Å². The number of aliphatic imine (C=N–C) groups is 1. The zero-order valence-electron chi connectivity index (χ0n) is 18.1. The van der Waals surface area contributed by atoms with E-state index in [4.69, 9.17) is 11.6 Å². The van der Waals surface area contributed by atoms with Crippen molar-refractivity contribution in [3.8, 4) is 5.69 Å². The molecule has 35 heavy (non-hydrogen) atoms. The molecule has 2 aliphatic rings. The molecule has 0 unspecified atom stereocenters. The van der Waals surface area contributed by atoms with Crippen LogP contribution in [0.15, 0.2) is 41.7 Å². The van der Waals surface area contributed by atoms with Crippen LogP contribution in [0.25, 0.3) is 5.69 Å².